The summed E-state index contributed by atoms with van der Waals surface area (Å²) in [7, 11) is 0. The van der Waals surface area contributed by atoms with Crippen molar-refractivity contribution in [1.82, 2.24) is 10.3 Å². The molecule has 1 heterocycles. The van der Waals surface area contributed by atoms with E-state index in [1.54, 1.807) is 12.1 Å². The maximum Gasteiger partial charge on any atom is 0.253 e. The monoisotopic (exact) mass is 280 g/mol. The Labute approximate surface area is 118 Å². The molecule has 0 bridgehead atoms. The molecule has 1 aromatic carbocycles. The number of hydrogen-bond donors (Lipinski definition) is 2. The van der Waals surface area contributed by atoms with E-state index in [1.807, 2.05) is 13.8 Å². The van der Waals surface area contributed by atoms with Crippen molar-refractivity contribution < 1.29 is 9.18 Å². The van der Waals surface area contributed by atoms with Gasteiger partial charge in [0.25, 0.3) is 5.91 Å². The first-order chi connectivity index (χ1) is 9.45. The molecule has 0 aromatic heterocycles. The summed E-state index contributed by atoms with van der Waals surface area (Å²) < 4.78 is 12.9. The second kappa shape index (κ2) is 5.76. The lowest BCUT2D eigenvalue weighted by atomic mass is 10.0. The molecule has 110 valence electrons. The number of nitrogens with two attached hydrogens (primary N) is 1. The number of piperazine rings is 1. The normalized spacial score (nSPS) is 17.1. The zero-order chi connectivity index (χ0) is 14.8. The molecular formula is C14H21FN4O. The van der Waals surface area contributed by atoms with Crippen LogP contribution in [0.1, 0.15) is 13.8 Å². The third kappa shape index (κ3) is 2.91. The average molecular weight is 280 g/mol. The quantitative estimate of drug-likeness (QED) is 0.486. The number of anilines is 1. The van der Waals surface area contributed by atoms with Crippen molar-refractivity contribution in [2.45, 2.75) is 19.4 Å². The predicted molar refractivity (Wildman–Crippen MR) is 76.6 cm³/mol. The molecule has 1 aliphatic rings. The van der Waals surface area contributed by atoms with Crippen LogP contribution in [0, 0.1) is 5.82 Å². The van der Waals surface area contributed by atoms with Crippen LogP contribution in [0.25, 0.3) is 0 Å². The van der Waals surface area contributed by atoms with E-state index in [9.17, 15) is 9.18 Å². The molecule has 5 nitrogen and oxygen atoms in total. The highest BCUT2D eigenvalue weighted by atomic mass is 19.1. The van der Waals surface area contributed by atoms with Crippen molar-refractivity contribution in [2.24, 2.45) is 5.84 Å². The Morgan fingerprint density at radius 2 is 1.75 bits per heavy atom. The molecule has 1 aliphatic heterocycles. The van der Waals surface area contributed by atoms with E-state index in [-0.39, 0.29) is 11.7 Å². The molecule has 0 spiro atoms. The molecule has 0 unspecified atom stereocenters. The predicted octanol–water partition coefficient (Wildman–Crippen LogP) is 0.716. The third-order valence-electron chi connectivity index (χ3n) is 3.95. The lowest BCUT2D eigenvalue weighted by Crippen LogP contribution is -2.61. The van der Waals surface area contributed by atoms with Gasteiger partial charge in [0, 0.05) is 31.9 Å². The van der Waals surface area contributed by atoms with E-state index in [1.165, 1.54) is 12.1 Å². The maximum absolute atomic E-state index is 12.9. The summed E-state index contributed by atoms with van der Waals surface area (Å²) in [4.78, 5) is 16.1. The first kappa shape index (κ1) is 14.7. The van der Waals surface area contributed by atoms with Crippen molar-refractivity contribution in [3.63, 3.8) is 0 Å². The van der Waals surface area contributed by atoms with Crippen molar-refractivity contribution in [3.05, 3.63) is 30.1 Å². The van der Waals surface area contributed by atoms with E-state index < -0.39 is 5.54 Å². The zero-order valence-corrected chi connectivity index (χ0v) is 11.9. The SMILES string of the molecule is CC(C)(C(=O)NN)N1CCN(c2ccc(F)cc2)CC1. The number of rotatable bonds is 3. The standard InChI is InChI=1S/C14H21FN4O/c1-14(2,13(20)17-16)19-9-7-18(8-10-19)12-5-3-11(15)4-6-12/h3-6H,7-10,16H2,1-2H3,(H,17,20). The van der Waals surface area contributed by atoms with E-state index in [0.717, 1.165) is 31.9 Å². The molecule has 1 aromatic rings. The van der Waals surface area contributed by atoms with Crippen molar-refractivity contribution in [1.29, 1.82) is 0 Å². The fourth-order valence-electron chi connectivity index (χ4n) is 2.50. The second-order valence-corrected chi connectivity index (χ2v) is 5.48. The Morgan fingerprint density at radius 3 is 2.25 bits per heavy atom. The molecule has 0 atom stereocenters. The number of hydrogen-bond acceptors (Lipinski definition) is 4. The van der Waals surface area contributed by atoms with Crippen LogP contribution in [0.4, 0.5) is 10.1 Å². The number of halogens is 1. The van der Waals surface area contributed by atoms with Crippen molar-refractivity contribution in [2.75, 3.05) is 31.1 Å². The van der Waals surface area contributed by atoms with E-state index in [2.05, 4.69) is 15.2 Å². The number of amides is 1. The summed E-state index contributed by atoms with van der Waals surface area (Å²) >= 11 is 0. The maximum atomic E-state index is 12.9. The number of nitrogens with one attached hydrogen (secondary N) is 1. The Bertz CT molecular complexity index is 467. The number of hydrazine groups is 1. The number of nitrogens with zero attached hydrogens (tertiary/aromatic N) is 2. The summed E-state index contributed by atoms with van der Waals surface area (Å²) in [5.74, 6) is 4.81. The minimum absolute atomic E-state index is 0.187. The molecule has 6 heteroatoms. The van der Waals surface area contributed by atoms with Gasteiger partial charge in [-0.1, -0.05) is 0 Å². The van der Waals surface area contributed by atoms with E-state index >= 15 is 0 Å². The summed E-state index contributed by atoms with van der Waals surface area (Å²) in [6.45, 7) is 6.85. The number of benzene rings is 1. The minimum atomic E-state index is -0.621. The van der Waals surface area contributed by atoms with Crippen molar-refractivity contribution >= 4 is 11.6 Å². The molecule has 1 fully saturated rings. The van der Waals surface area contributed by atoms with Gasteiger partial charge in [0.1, 0.15) is 5.82 Å². The highest BCUT2D eigenvalue weighted by Crippen LogP contribution is 2.21. The van der Waals surface area contributed by atoms with Crippen LogP contribution >= 0.6 is 0 Å². The van der Waals surface area contributed by atoms with Gasteiger partial charge in [0.15, 0.2) is 0 Å². The van der Waals surface area contributed by atoms with Crippen LogP contribution < -0.4 is 16.2 Å². The first-order valence-corrected chi connectivity index (χ1v) is 6.72. The van der Waals surface area contributed by atoms with Gasteiger partial charge in [0.2, 0.25) is 0 Å². The Morgan fingerprint density at radius 1 is 1.20 bits per heavy atom. The molecule has 20 heavy (non-hydrogen) atoms. The van der Waals surface area contributed by atoms with Gasteiger partial charge >= 0.3 is 0 Å². The van der Waals surface area contributed by atoms with Gasteiger partial charge in [0.05, 0.1) is 5.54 Å². The van der Waals surface area contributed by atoms with Gasteiger partial charge in [-0.3, -0.25) is 15.1 Å². The molecule has 0 radical (unpaired) electrons. The van der Waals surface area contributed by atoms with Crippen LogP contribution in [0.3, 0.4) is 0 Å². The summed E-state index contributed by atoms with van der Waals surface area (Å²) in [6.07, 6.45) is 0. The minimum Gasteiger partial charge on any atom is -0.369 e. The Hall–Kier alpha value is -1.66. The fourth-order valence-corrected chi connectivity index (χ4v) is 2.50. The lowest BCUT2D eigenvalue weighted by Gasteiger charge is -2.43. The summed E-state index contributed by atoms with van der Waals surface area (Å²) in [5.41, 5.74) is 2.60. The molecule has 0 saturated carbocycles. The Kier molecular flexibility index (Phi) is 4.25. The third-order valence-corrected chi connectivity index (χ3v) is 3.95. The number of carbonyl (C=O) groups is 1. The van der Waals surface area contributed by atoms with Crippen LogP contribution in [0.2, 0.25) is 0 Å². The van der Waals surface area contributed by atoms with Gasteiger partial charge < -0.3 is 4.90 Å². The second-order valence-electron chi connectivity index (χ2n) is 5.48. The largest absolute Gasteiger partial charge is 0.369 e. The lowest BCUT2D eigenvalue weighted by molar-refractivity contribution is -0.132. The van der Waals surface area contributed by atoms with Gasteiger partial charge in [-0.25, -0.2) is 10.2 Å². The molecule has 3 N–H and O–H groups in total. The molecule has 1 saturated heterocycles. The molecule has 0 aliphatic carbocycles. The van der Waals surface area contributed by atoms with Crippen molar-refractivity contribution in [3.8, 4) is 0 Å². The van der Waals surface area contributed by atoms with E-state index in [4.69, 9.17) is 5.84 Å². The van der Waals surface area contributed by atoms with Gasteiger partial charge in [-0.05, 0) is 38.1 Å². The highest BCUT2D eigenvalue weighted by molar-refractivity contribution is 5.84. The fraction of sp³-hybridized carbons (Fsp3) is 0.500. The van der Waals surface area contributed by atoms with E-state index in [0.29, 0.717) is 0 Å². The summed E-state index contributed by atoms with van der Waals surface area (Å²) in [6, 6.07) is 6.49. The van der Waals surface area contributed by atoms with Gasteiger partial charge in [-0.2, -0.15) is 0 Å². The Balaban J connectivity index is 1.99. The smallest absolute Gasteiger partial charge is 0.253 e. The summed E-state index contributed by atoms with van der Waals surface area (Å²) in [5, 5.41) is 0. The van der Waals surface area contributed by atoms with Crippen LogP contribution in [-0.2, 0) is 4.79 Å². The number of carbonyl (C=O) groups excluding carboxylic acids is 1. The van der Waals surface area contributed by atoms with Crippen LogP contribution in [0.15, 0.2) is 24.3 Å². The first-order valence-electron chi connectivity index (χ1n) is 6.72. The zero-order valence-electron chi connectivity index (χ0n) is 11.9. The molecule has 1 amide bonds. The average Bonchev–Trinajstić information content (AvgIpc) is 2.47. The topological polar surface area (TPSA) is 61.6 Å². The molecular weight excluding hydrogens is 259 g/mol. The highest BCUT2D eigenvalue weighted by Gasteiger charge is 2.35. The van der Waals surface area contributed by atoms with Crippen LogP contribution in [0.5, 0.6) is 0 Å². The molecule has 2 rings (SSSR count). The van der Waals surface area contributed by atoms with Gasteiger partial charge in [-0.15, -0.1) is 0 Å². The van der Waals surface area contributed by atoms with Crippen LogP contribution in [-0.4, -0.2) is 42.5 Å².